The van der Waals surface area contributed by atoms with E-state index in [1.165, 1.54) is 0 Å². The van der Waals surface area contributed by atoms with Crippen molar-refractivity contribution in [3.05, 3.63) is 11.3 Å². The van der Waals surface area contributed by atoms with Gasteiger partial charge in [0.05, 0.1) is 11.1 Å². The summed E-state index contributed by atoms with van der Waals surface area (Å²) in [5, 5.41) is 9.15. The summed E-state index contributed by atoms with van der Waals surface area (Å²) in [5.41, 5.74) is 6.45. The van der Waals surface area contributed by atoms with Crippen LogP contribution in [0.4, 0.5) is 0 Å². The molecule has 2 aliphatic heterocycles. The van der Waals surface area contributed by atoms with Crippen LogP contribution in [0, 0.1) is 0 Å². The highest BCUT2D eigenvalue weighted by molar-refractivity contribution is 5.90. The van der Waals surface area contributed by atoms with Crippen molar-refractivity contribution in [2.45, 2.75) is 37.8 Å². The van der Waals surface area contributed by atoms with Crippen molar-refractivity contribution in [2.75, 3.05) is 7.05 Å². The number of hydrogen-bond donors (Lipinski definition) is 2. The van der Waals surface area contributed by atoms with Crippen LogP contribution in [0.5, 0.6) is 0 Å². The van der Waals surface area contributed by atoms with Gasteiger partial charge in [-0.05, 0) is 26.8 Å². The van der Waals surface area contributed by atoms with Crippen molar-refractivity contribution in [1.82, 2.24) is 4.90 Å². The number of aliphatic carboxylic acids is 1. The minimum absolute atomic E-state index is 0.348. The zero-order chi connectivity index (χ0) is 10.5. The topological polar surface area (TPSA) is 66.6 Å². The third-order valence-electron chi connectivity index (χ3n) is 3.82. The fraction of sp³-hybridized carbons (Fsp3) is 0.700. The number of nitrogens with zero attached hydrogens (tertiary/aromatic N) is 1. The lowest BCUT2D eigenvalue weighted by molar-refractivity contribution is -0.134. The van der Waals surface area contributed by atoms with Gasteiger partial charge >= 0.3 is 5.97 Å². The highest BCUT2D eigenvalue weighted by atomic mass is 16.4. The first kappa shape index (κ1) is 9.52. The molecular formula is C10H16N2O2. The predicted molar refractivity (Wildman–Crippen MR) is 52.7 cm³/mol. The summed E-state index contributed by atoms with van der Waals surface area (Å²) in [7, 11) is 1.99. The molecule has 14 heavy (non-hydrogen) atoms. The third-order valence-corrected chi connectivity index (χ3v) is 3.82. The Balaban J connectivity index is 2.51. The summed E-state index contributed by atoms with van der Waals surface area (Å²) in [6.07, 6.45) is 2.65. The quantitative estimate of drug-likeness (QED) is 0.642. The first-order valence-electron chi connectivity index (χ1n) is 4.92. The van der Waals surface area contributed by atoms with E-state index in [9.17, 15) is 4.79 Å². The Bertz CT molecular complexity index is 324. The van der Waals surface area contributed by atoms with E-state index in [4.69, 9.17) is 10.8 Å². The zero-order valence-corrected chi connectivity index (χ0v) is 8.58. The van der Waals surface area contributed by atoms with Gasteiger partial charge in [0, 0.05) is 18.2 Å². The van der Waals surface area contributed by atoms with Crippen molar-refractivity contribution >= 4 is 5.97 Å². The molecule has 0 radical (unpaired) electrons. The van der Waals surface area contributed by atoms with Crippen molar-refractivity contribution < 1.29 is 9.90 Å². The molecule has 0 aromatic rings. The molecule has 4 heteroatoms. The Morgan fingerprint density at radius 2 is 2.36 bits per heavy atom. The molecule has 2 unspecified atom stereocenters. The molecule has 2 heterocycles. The molecule has 0 saturated carbocycles. The number of nitrogens with two attached hydrogens (primary N) is 1. The fourth-order valence-electron chi connectivity index (χ4n) is 2.83. The molecule has 0 aromatic heterocycles. The van der Waals surface area contributed by atoms with Gasteiger partial charge in [-0.2, -0.15) is 0 Å². The van der Waals surface area contributed by atoms with Crippen LogP contribution in [0.25, 0.3) is 0 Å². The van der Waals surface area contributed by atoms with Crippen molar-refractivity contribution in [2.24, 2.45) is 5.73 Å². The first-order valence-corrected chi connectivity index (χ1v) is 4.92. The average Bonchev–Trinajstić information content (AvgIpc) is 2.31. The van der Waals surface area contributed by atoms with E-state index >= 15 is 0 Å². The third kappa shape index (κ3) is 1.00. The highest BCUT2D eigenvalue weighted by Crippen LogP contribution is 2.44. The smallest absolute Gasteiger partial charge is 0.335 e. The number of carbonyl (C=O) groups is 1. The number of likely N-dealkylation sites (N-methyl/N-ethyl adjacent to an activating group) is 1. The molecular weight excluding hydrogens is 180 g/mol. The summed E-state index contributed by atoms with van der Waals surface area (Å²) < 4.78 is 0. The van der Waals surface area contributed by atoms with Gasteiger partial charge in [0.15, 0.2) is 0 Å². The van der Waals surface area contributed by atoms with Crippen LogP contribution in [-0.2, 0) is 4.79 Å². The second-order valence-corrected chi connectivity index (χ2v) is 4.49. The van der Waals surface area contributed by atoms with Crippen LogP contribution < -0.4 is 5.73 Å². The molecule has 4 nitrogen and oxygen atoms in total. The van der Waals surface area contributed by atoms with E-state index in [1.54, 1.807) is 0 Å². The number of carboxylic acid groups (broad SMARTS) is 1. The standard InChI is InChI=1S/C10H16N2O2/c1-10-4-3-6(12(10)2)5-7(11)8(10)9(13)14/h6H,3-5,11H2,1-2H3,(H,13,14). The van der Waals surface area contributed by atoms with Crippen LogP contribution in [0.1, 0.15) is 26.2 Å². The SMILES string of the molecule is CN1C2CCC1(C)C(C(=O)O)=C(N)C2. The molecule has 2 bridgehead atoms. The molecule has 1 saturated heterocycles. The van der Waals surface area contributed by atoms with E-state index in [0.29, 0.717) is 23.7 Å². The summed E-state index contributed by atoms with van der Waals surface area (Å²) in [6, 6.07) is 0.433. The second-order valence-electron chi connectivity index (χ2n) is 4.49. The molecule has 2 atom stereocenters. The summed E-state index contributed by atoms with van der Waals surface area (Å²) in [5.74, 6) is -0.864. The molecule has 0 amide bonds. The van der Waals surface area contributed by atoms with Crippen molar-refractivity contribution in [3.63, 3.8) is 0 Å². The minimum Gasteiger partial charge on any atom is -0.478 e. The van der Waals surface area contributed by atoms with Crippen LogP contribution in [0.3, 0.4) is 0 Å². The van der Waals surface area contributed by atoms with E-state index in [0.717, 1.165) is 12.8 Å². The summed E-state index contributed by atoms with van der Waals surface area (Å²) in [6.45, 7) is 1.97. The Morgan fingerprint density at radius 1 is 1.71 bits per heavy atom. The second kappa shape index (κ2) is 2.73. The number of carboxylic acids is 1. The molecule has 3 N–H and O–H groups in total. The zero-order valence-electron chi connectivity index (χ0n) is 8.58. The number of hydrogen-bond acceptors (Lipinski definition) is 3. The average molecular weight is 196 g/mol. The number of rotatable bonds is 1. The molecule has 0 spiro atoms. The van der Waals surface area contributed by atoms with E-state index in [1.807, 2.05) is 14.0 Å². The molecule has 78 valence electrons. The summed E-state index contributed by atoms with van der Waals surface area (Å²) in [4.78, 5) is 13.3. The first-order chi connectivity index (χ1) is 6.47. The fourth-order valence-corrected chi connectivity index (χ4v) is 2.83. The van der Waals surface area contributed by atoms with E-state index in [-0.39, 0.29) is 5.54 Å². The lowest BCUT2D eigenvalue weighted by atomic mass is 9.86. The van der Waals surface area contributed by atoms with Gasteiger partial charge in [0.25, 0.3) is 0 Å². The van der Waals surface area contributed by atoms with Crippen LogP contribution in [-0.4, -0.2) is 34.6 Å². The van der Waals surface area contributed by atoms with Crippen LogP contribution >= 0.6 is 0 Å². The van der Waals surface area contributed by atoms with Gasteiger partial charge in [0.2, 0.25) is 0 Å². The van der Waals surface area contributed by atoms with Crippen LogP contribution in [0.2, 0.25) is 0 Å². The lowest BCUT2D eigenvalue weighted by Crippen LogP contribution is -2.50. The monoisotopic (exact) mass is 196 g/mol. The van der Waals surface area contributed by atoms with Gasteiger partial charge in [-0.25, -0.2) is 4.79 Å². The lowest BCUT2D eigenvalue weighted by Gasteiger charge is -2.40. The van der Waals surface area contributed by atoms with Gasteiger partial charge in [-0.3, -0.25) is 4.90 Å². The summed E-state index contributed by atoms with van der Waals surface area (Å²) >= 11 is 0. The molecule has 2 rings (SSSR count). The van der Waals surface area contributed by atoms with Gasteiger partial charge < -0.3 is 10.8 Å². The number of fused-ring (bicyclic) bond motifs is 2. The largest absolute Gasteiger partial charge is 0.478 e. The molecule has 2 aliphatic rings. The van der Waals surface area contributed by atoms with E-state index < -0.39 is 5.97 Å². The Morgan fingerprint density at radius 3 is 2.93 bits per heavy atom. The van der Waals surface area contributed by atoms with Gasteiger partial charge in [0.1, 0.15) is 0 Å². The Kier molecular flexibility index (Phi) is 1.86. The van der Waals surface area contributed by atoms with Gasteiger partial charge in [-0.1, -0.05) is 0 Å². The predicted octanol–water partition coefficient (Wildman–Crippen LogP) is 0.540. The Labute approximate surface area is 83.4 Å². The maximum Gasteiger partial charge on any atom is 0.335 e. The van der Waals surface area contributed by atoms with E-state index in [2.05, 4.69) is 4.90 Å². The maximum absolute atomic E-state index is 11.1. The van der Waals surface area contributed by atoms with Gasteiger partial charge in [-0.15, -0.1) is 0 Å². The molecule has 0 aliphatic carbocycles. The molecule has 1 fully saturated rings. The maximum atomic E-state index is 11.1. The normalized spacial score (nSPS) is 37.7. The van der Waals surface area contributed by atoms with Crippen molar-refractivity contribution in [1.29, 1.82) is 0 Å². The minimum atomic E-state index is -0.864. The van der Waals surface area contributed by atoms with Crippen molar-refractivity contribution in [3.8, 4) is 0 Å². The highest BCUT2D eigenvalue weighted by Gasteiger charge is 2.49. The molecule has 0 aromatic carbocycles. The van der Waals surface area contributed by atoms with Crippen LogP contribution in [0.15, 0.2) is 11.3 Å². The Hall–Kier alpha value is -1.03.